The third-order valence-corrected chi connectivity index (χ3v) is 4.98. The molecule has 0 amide bonds. The molecular weight excluding hydrogens is 314 g/mol. The van der Waals surface area contributed by atoms with E-state index in [0.29, 0.717) is 5.92 Å². The van der Waals surface area contributed by atoms with Crippen molar-refractivity contribution in [3.05, 3.63) is 53.7 Å². The highest BCUT2D eigenvalue weighted by Crippen LogP contribution is 2.30. The van der Waals surface area contributed by atoms with Gasteiger partial charge in [0.2, 0.25) is 0 Å². The highest BCUT2D eigenvalue weighted by atomic mass is 16.5. The molecule has 0 bridgehead atoms. The number of aromatic nitrogens is 4. The van der Waals surface area contributed by atoms with Crippen LogP contribution in [-0.2, 0) is 6.54 Å². The van der Waals surface area contributed by atoms with Crippen LogP contribution >= 0.6 is 0 Å². The molecule has 1 aliphatic rings. The van der Waals surface area contributed by atoms with E-state index in [0.717, 1.165) is 42.2 Å². The molecule has 6 nitrogen and oxygen atoms in total. The summed E-state index contributed by atoms with van der Waals surface area (Å²) in [5.41, 5.74) is 5.39. The van der Waals surface area contributed by atoms with E-state index >= 15 is 0 Å². The number of likely N-dealkylation sites (tertiary alicyclic amines) is 1. The number of aromatic amines is 1. The predicted octanol–water partition coefficient (Wildman–Crippen LogP) is 3.46. The molecule has 130 valence electrons. The van der Waals surface area contributed by atoms with Gasteiger partial charge < -0.3 is 9.51 Å². The lowest BCUT2D eigenvalue weighted by atomic mass is 9.93. The van der Waals surface area contributed by atoms with E-state index < -0.39 is 0 Å². The molecule has 0 aliphatic carbocycles. The number of nitrogens with zero attached hydrogens (tertiary/aromatic N) is 4. The standard InChI is InChI=1S/C19H23N5O/c1-13-19(14(2)25-23-13)15-5-6-18(21-8-15)16-4-3-7-24(10-16)11-17-9-20-12-22-17/h5-6,8-9,12,16H,3-4,7,10-11H2,1-2H3,(H,20,22). The molecule has 0 aromatic carbocycles. The fraction of sp³-hybridized carbons (Fsp3) is 0.421. The minimum absolute atomic E-state index is 0.482. The van der Waals surface area contributed by atoms with Crippen molar-refractivity contribution in [1.82, 2.24) is 25.0 Å². The second-order valence-corrected chi connectivity index (χ2v) is 6.82. The van der Waals surface area contributed by atoms with Gasteiger partial charge in [-0.2, -0.15) is 0 Å². The summed E-state index contributed by atoms with van der Waals surface area (Å²) in [6, 6.07) is 4.30. The molecule has 3 aromatic rings. The van der Waals surface area contributed by atoms with Crippen LogP contribution in [0.1, 0.15) is 41.6 Å². The molecular formula is C19H23N5O. The molecule has 4 rings (SSSR count). The van der Waals surface area contributed by atoms with Crippen LogP contribution in [0.15, 0.2) is 35.4 Å². The molecule has 0 saturated carbocycles. The maximum atomic E-state index is 5.27. The van der Waals surface area contributed by atoms with Crippen LogP contribution in [-0.4, -0.2) is 38.1 Å². The number of rotatable bonds is 4. The molecule has 3 aromatic heterocycles. The Morgan fingerprint density at radius 2 is 2.20 bits per heavy atom. The van der Waals surface area contributed by atoms with E-state index in [9.17, 15) is 0 Å². The predicted molar refractivity (Wildman–Crippen MR) is 95.0 cm³/mol. The Hall–Kier alpha value is -2.47. The average molecular weight is 337 g/mol. The van der Waals surface area contributed by atoms with Crippen LogP contribution in [0.2, 0.25) is 0 Å². The van der Waals surface area contributed by atoms with Crippen molar-refractivity contribution in [3.8, 4) is 11.1 Å². The summed E-state index contributed by atoms with van der Waals surface area (Å²) in [5.74, 6) is 1.32. The molecule has 0 radical (unpaired) electrons. The third-order valence-electron chi connectivity index (χ3n) is 4.98. The van der Waals surface area contributed by atoms with Gasteiger partial charge in [0.05, 0.1) is 12.0 Å². The highest BCUT2D eigenvalue weighted by Gasteiger charge is 2.23. The second-order valence-electron chi connectivity index (χ2n) is 6.82. The van der Waals surface area contributed by atoms with Crippen LogP contribution < -0.4 is 0 Å². The van der Waals surface area contributed by atoms with Gasteiger partial charge in [0.15, 0.2) is 0 Å². The molecule has 1 N–H and O–H groups in total. The van der Waals surface area contributed by atoms with Crippen LogP contribution in [0.4, 0.5) is 0 Å². The Morgan fingerprint density at radius 1 is 1.28 bits per heavy atom. The Kier molecular flexibility index (Phi) is 4.36. The summed E-state index contributed by atoms with van der Waals surface area (Å²) in [6.07, 6.45) is 7.99. The second kappa shape index (κ2) is 6.80. The molecule has 0 spiro atoms. The number of H-pyrrole nitrogens is 1. The molecule has 4 heterocycles. The highest BCUT2D eigenvalue weighted by molar-refractivity contribution is 5.66. The fourth-order valence-corrected chi connectivity index (χ4v) is 3.74. The SMILES string of the molecule is Cc1noc(C)c1-c1ccc(C2CCCN(Cc3cnc[nH]3)C2)nc1. The Bertz CT molecular complexity index is 803. The zero-order valence-corrected chi connectivity index (χ0v) is 14.7. The summed E-state index contributed by atoms with van der Waals surface area (Å²) in [7, 11) is 0. The van der Waals surface area contributed by atoms with Crippen molar-refractivity contribution in [2.45, 2.75) is 39.2 Å². The number of hydrogen-bond acceptors (Lipinski definition) is 5. The molecule has 25 heavy (non-hydrogen) atoms. The van der Waals surface area contributed by atoms with Crippen LogP contribution in [0.3, 0.4) is 0 Å². The molecule has 1 unspecified atom stereocenters. The fourth-order valence-electron chi connectivity index (χ4n) is 3.74. The average Bonchev–Trinajstić information content (AvgIpc) is 3.25. The van der Waals surface area contributed by atoms with Gasteiger partial charge in [0, 0.05) is 53.9 Å². The van der Waals surface area contributed by atoms with Crippen molar-refractivity contribution in [1.29, 1.82) is 0 Å². The zero-order valence-electron chi connectivity index (χ0n) is 14.7. The molecule has 1 fully saturated rings. The first-order valence-corrected chi connectivity index (χ1v) is 8.79. The zero-order chi connectivity index (χ0) is 17.2. The first kappa shape index (κ1) is 16.0. The number of piperidine rings is 1. The lowest BCUT2D eigenvalue weighted by Gasteiger charge is -2.32. The minimum atomic E-state index is 0.482. The Morgan fingerprint density at radius 3 is 2.88 bits per heavy atom. The lowest BCUT2D eigenvalue weighted by molar-refractivity contribution is 0.196. The van der Waals surface area contributed by atoms with Crippen LogP contribution in [0.25, 0.3) is 11.1 Å². The third kappa shape index (κ3) is 3.35. The van der Waals surface area contributed by atoms with Gasteiger partial charge in [-0.3, -0.25) is 9.88 Å². The van der Waals surface area contributed by atoms with Gasteiger partial charge >= 0.3 is 0 Å². The number of imidazole rings is 1. The van der Waals surface area contributed by atoms with Crippen LogP contribution in [0, 0.1) is 13.8 Å². The normalized spacial score (nSPS) is 18.6. The van der Waals surface area contributed by atoms with Gasteiger partial charge in [-0.05, 0) is 39.3 Å². The number of hydrogen-bond donors (Lipinski definition) is 1. The first-order valence-electron chi connectivity index (χ1n) is 8.79. The van der Waals surface area contributed by atoms with Gasteiger partial charge in [-0.15, -0.1) is 0 Å². The maximum Gasteiger partial charge on any atom is 0.141 e. The van der Waals surface area contributed by atoms with E-state index in [1.54, 1.807) is 6.33 Å². The summed E-state index contributed by atoms with van der Waals surface area (Å²) < 4.78 is 5.27. The van der Waals surface area contributed by atoms with E-state index in [-0.39, 0.29) is 0 Å². The van der Waals surface area contributed by atoms with Gasteiger partial charge in [-0.1, -0.05) is 11.2 Å². The quantitative estimate of drug-likeness (QED) is 0.789. The minimum Gasteiger partial charge on any atom is -0.361 e. The van der Waals surface area contributed by atoms with Crippen molar-refractivity contribution < 1.29 is 4.52 Å². The van der Waals surface area contributed by atoms with Gasteiger partial charge in [0.25, 0.3) is 0 Å². The van der Waals surface area contributed by atoms with E-state index in [1.165, 1.54) is 24.2 Å². The summed E-state index contributed by atoms with van der Waals surface area (Å²) in [6.45, 7) is 7.00. The number of nitrogens with one attached hydrogen (secondary N) is 1. The van der Waals surface area contributed by atoms with E-state index in [4.69, 9.17) is 9.51 Å². The number of pyridine rings is 1. The molecule has 1 atom stereocenters. The summed E-state index contributed by atoms with van der Waals surface area (Å²) in [4.78, 5) is 14.5. The molecule has 1 saturated heterocycles. The van der Waals surface area contributed by atoms with Crippen molar-refractivity contribution >= 4 is 0 Å². The van der Waals surface area contributed by atoms with E-state index in [1.807, 2.05) is 26.2 Å². The largest absolute Gasteiger partial charge is 0.361 e. The first-order chi connectivity index (χ1) is 12.2. The summed E-state index contributed by atoms with van der Waals surface area (Å²) >= 11 is 0. The Labute approximate surface area is 147 Å². The molecule has 6 heteroatoms. The number of aryl methyl sites for hydroxylation is 2. The van der Waals surface area contributed by atoms with Gasteiger partial charge in [0.1, 0.15) is 5.76 Å². The van der Waals surface area contributed by atoms with E-state index in [2.05, 4.69) is 32.2 Å². The topological polar surface area (TPSA) is 70.8 Å². The van der Waals surface area contributed by atoms with Crippen molar-refractivity contribution in [2.24, 2.45) is 0 Å². The monoisotopic (exact) mass is 337 g/mol. The maximum absolute atomic E-state index is 5.27. The van der Waals surface area contributed by atoms with Crippen LogP contribution in [0.5, 0.6) is 0 Å². The van der Waals surface area contributed by atoms with Crippen molar-refractivity contribution in [3.63, 3.8) is 0 Å². The Balaban J connectivity index is 1.48. The van der Waals surface area contributed by atoms with Crippen molar-refractivity contribution in [2.75, 3.05) is 13.1 Å². The lowest BCUT2D eigenvalue weighted by Crippen LogP contribution is -2.34. The smallest absolute Gasteiger partial charge is 0.141 e. The summed E-state index contributed by atoms with van der Waals surface area (Å²) in [5, 5.41) is 4.03. The molecule has 1 aliphatic heterocycles. The van der Waals surface area contributed by atoms with Gasteiger partial charge in [-0.25, -0.2) is 4.98 Å².